The van der Waals surface area contributed by atoms with Crippen molar-refractivity contribution in [3.63, 3.8) is 0 Å². The fraction of sp³-hybridized carbons (Fsp3) is 0.647. The molecule has 98 valence electrons. The van der Waals surface area contributed by atoms with Gasteiger partial charge in [0.15, 0.2) is 0 Å². The largest absolute Gasteiger partial charge is 0.0885 e. The van der Waals surface area contributed by atoms with Crippen LogP contribution in [0.4, 0.5) is 0 Å². The summed E-state index contributed by atoms with van der Waals surface area (Å²) in [5.74, 6) is 0.804. The number of fused-ring (bicyclic) bond motifs is 3. The van der Waals surface area contributed by atoms with Crippen LogP contribution in [0.5, 0.6) is 0 Å². The van der Waals surface area contributed by atoms with E-state index in [1.165, 1.54) is 25.7 Å². The van der Waals surface area contributed by atoms with E-state index in [1.54, 1.807) is 11.1 Å². The van der Waals surface area contributed by atoms with Gasteiger partial charge in [0.05, 0.1) is 0 Å². The summed E-state index contributed by atoms with van der Waals surface area (Å²) >= 11 is 3.94. The molecule has 3 rings (SSSR count). The maximum absolute atomic E-state index is 3.94. The third kappa shape index (κ3) is 1.62. The van der Waals surface area contributed by atoms with Gasteiger partial charge in [-0.25, -0.2) is 0 Å². The van der Waals surface area contributed by atoms with Crippen molar-refractivity contribution in [1.29, 1.82) is 0 Å². The van der Waals surface area contributed by atoms with E-state index in [0.717, 1.165) is 5.92 Å². The molecule has 0 amide bonds. The van der Waals surface area contributed by atoms with Crippen LogP contribution in [0.1, 0.15) is 51.2 Å². The molecular formula is C17H23Br. The third-order valence-electron chi connectivity index (χ3n) is 5.73. The van der Waals surface area contributed by atoms with Crippen molar-refractivity contribution in [3.8, 4) is 0 Å². The Kier molecular flexibility index (Phi) is 2.89. The molecule has 1 heteroatoms. The van der Waals surface area contributed by atoms with Crippen LogP contribution in [0.15, 0.2) is 24.3 Å². The summed E-state index contributed by atoms with van der Waals surface area (Å²) in [5, 5.41) is 0. The van der Waals surface area contributed by atoms with Gasteiger partial charge in [0.1, 0.15) is 0 Å². The van der Waals surface area contributed by atoms with E-state index in [2.05, 4.69) is 61.0 Å². The highest BCUT2D eigenvalue weighted by Crippen LogP contribution is 2.58. The van der Waals surface area contributed by atoms with Crippen molar-refractivity contribution in [3.05, 3.63) is 35.4 Å². The van der Waals surface area contributed by atoms with Crippen molar-refractivity contribution in [1.82, 2.24) is 0 Å². The molecule has 0 saturated heterocycles. The van der Waals surface area contributed by atoms with Crippen molar-refractivity contribution >= 4 is 15.9 Å². The quantitative estimate of drug-likeness (QED) is 0.586. The molecule has 2 aliphatic rings. The maximum Gasteiger partial charge on any atom is 0.0200 e. The second-order valence-electron chi connectivity index (χ2n) is 6.99. The topological polar surface area (TPSA) is 0 Å². The lowest BCUT2D eigenvalue weighted by molar-refractivity contribution is 0.0492. The number of alkyl halides is 1. The summed E-state index contributed by atoms with van der Waals surface area (Å²) in [7, 11) is 0. The van der Waals surface area contributed by atoms with Crippen LogP contribution in [-0.4, -0.2) is 4.83 Å². The molecule has 2 aliphatic carbocycles. The Morgan fingerprint density at radius 3 is 2.61 bits per heavy atom. The average Bonchev–Trinajstić information content (AvgIpc) is 2.35. The highest BCUT2D eigenvalue weighted by molar-refractivity contribution is 9.09. The molecule has 0 aliphatic heterocycles. The Bertz CT molecular complexity index is 462. The summed E-state index contributed by atoms with van der Waals surface area (Å²) in [4.78, 5) is 0.674. The first-order chi connectivity index (χ1) is 8.46. The normalized spacial score (nSPS) is 37.8. The molecular weight excluding hydrogens is 284 g/mol. The van der Waals surface area contributed by atoms with Crippen LogP contribution in [0.3, 0.4) is 0 Å². The Labute approximate surface area is 119 Å². The molecule has 3 atom stereocenters. The summed E-state index contributed by atoms with van der Waals surface area (Å²) in [5.41, 5.74) is 4.03. The molecule has 0 bridgehead atoms. The van der Waals surface area contributed by atoms with Gasteiger partial charge in [-0.15, -0.1) is 0 Å². The fourth-order valence-electron chi connectivity index (χ4n) is 4.62. The van der Waals surface area contributed by atoms with Crippen LogP contribution >= 0.6 is 15.9 Å². The molecule has 0 nitrogen and oxygen atoms in total. The highest BCUT2D eigenvalue weighted by atomic mass is 79.9. The first kappa shape index (κ1) is 12.7. The van der Waals surface area contributed by atoms with E-state index in [1.807, 2.05) is 0 Å². The average molecular weight is 307 g/mol. The summed E-state index contributed by atoms with van der Waals surface area (Å²) in [6.45, 7) is 7.43. The minimum atomic E-state index is 0.391. The number of rotatable bonds is 0. The Balaban J connectivity index is 2.10. The number of benzene rings is 1. The van der Waals surface area contributed by atoms with Crippen LogP contribution in [-0.2, 0) is 11.8 Å². The van der Waals surface area contributed by atoms with E-state index >= 15 is 0 Å². The van der Waals surface area contributed by atoms with Crippen molar-refractivity contribution < 1.29 is 0 Å². The molecule has 2 unspecified atom stereocenters. The number of aryl methyl sites for hydroxylation is 1. The Hall–Kier alpha value is -0.300. The van der Waals surface area contributed by atoms with Gasteiger partial charge in [0.25, 0.3) is 0 Å². The van der Waals surface area contributed by atoms with Crippen LogP contribution in [0.2, 0.25) is 0 Å². The summed E-state index contributed by atoms with van der Waals surface area (Å²) in [6.07, 6.45) is 5.24. The van der Waals surface area contributed by atoms with Gasteiger partial charge in [-0.2, -0.15) is 0 Å². The molecule has 0 radical (unpaired) electrons. The maximum atomic E-state index is 3.94. The zero-order valence-corrected chi connectivity index (χ0v) is 13.3. The van der Waals surface area contributed by atoms with Crippen molar-refractivity contribution in [2.24, 2.45) is 11.3 Å². The van der Waals surface area contributed by atoms with Gasteiger partial charge >= 0.3 is 0 Å². The van der Waals surface area contributed by atoms with Gasteiger partial charge in [-0.1, -0.05) is 61.0 Å². The lowest BCUT2D eigenvalue weighted by Gasteiger charge is -2.56. The minimum absolute atomic E-state index is 0.391. The fourth-order valence-corrected chi connectivity index (χ4v) is 5.17. The zero-order chi connectivity index (χ0) is 13.0. The van der Waals surface area contributed by atoms with E-state index in [4.69, 9.17) is 0 Å². The summed E-state index contributed by atoms with van der Waals surface area (Å²) in [6, 6.07) is 9.14. The molecule has 0 spiro atoms. The third-order valence-corrected chi connectivity index (χ3v) is 7.36. The predicted molar refractivity (Wildman–Crippen MR) is 81.3 cm³/mol. The SMILES string of the molecule is CC12CCC(Br)C(C)(C)[C@H]1CCc1ccccc12. The molecule has 0 N–H and O–H groups in total. The molecule has 0 aromatic heterocycles. The monoisotopic (exact) mass is 306 g/mol. The standard InChI is InChI=1S/C17H23Br/c1-16(2)14-9-8-12-6-4-5-7-13(12)17(14,3)11-10-15(16)18/h4-7,14-15H,8-11H2,1-3H3/t14-,15?,17?/m1/s1. The number of halogens is 1. The second-order valence-corrected chi connectivity index (χ2v) is 8.10. The first-order valence-electron chi connectivity index (χ1n) is 7.19. The van der Waals surface area contributed by atoms with Crippen molar-refractivity contribution in [2.75, 3.05) is 0 Å². The lowest BCUT2D eigenvalue weighted by Crippen LogP contribution is -2.52. The minimum Gasteiger partial charge on any atom is -0.0885 e. The Morgan fingerprint density at radius 2 is 1.83 bits per heavy atom. The van der Waals surface area contributed by atoms with E-state index in [0.29, 0.717) is 15.7 Å². The molecule has 0 heterocycles. The molecule has 1 aromatic carbocycles. The number of hydrogen-bond acceptors (Lipinski definition) is 0. The Morgan fingerprint density at radius 1 is 1.11 bits per heavy atom. The van der Waals surface area contributed by atoms with Crippen LogP contribution in [0.25, 0.3) is 0 Å². The molecule has 1 aromatic rings. The van der Waals surface area contributed by atoms with Gasteiger partial charge in [0, 0.05) is 4.83 Å². The van der Waals surface area contributed by atoms with Gasteiger partial charge in [0.2, 0.25) is 0 Å². The molecule has 1 fully saturated rings. The molecule has 18 heavy (non-hydrogen) atoms. The summed E-state index contributed by atoms with van der Waals surface area (Å²) < 4.78 is 0. The van der Waals surface area contributed by atoms with E-state index < -0.39 is 0 Å². The second kappa shape index (κ2) is 4.10. The van der Waals surface area contributed by atoms with E-state index in [9.17, 15) is 0 Å². The van der Waals surface area contributed by atoms with Gasteiger partial charge < -0.3 is 0 Å². The van der Waals surface area contributed by atoms with Crippen molar-refractivity contribution in [2.45, 2.75) is 56.7 Å². The zero-order valence-electron chi connectivity index (χ0n) is 11.7. The number of hydrogen-bond donors (Lipinski definition) is 0. The van der Waals surface area contributed by atoms with Gasteiger partial charge in [-0.3, -0.25) is 0 Å². The van der Waals surface area contributed by atoms with E-state index in [-0.39, 0.29) is 0 Å². The van der Waals surface area contributed by atoms with Crippen LogP contribution in [0, 0.1) is 11.3 Å². The van der Waals surface area contributed by atoms with Crippen LogP contribution < -0.4 is 0 Å². The van der Waals surface area contributed by atoms with Gasteiger partial charge in [-0.05, 0) is 53.6 Å². The first-order valence-corrected chi connectivity index (χ1v) is 8.10. The molecule has 1 saturated carbocycles. The smallest absolute Gasteiger partial charge is 0.0200 e. The predicted octanol–water partition coefficient (Wildman–Crippen LogP) is 5.09. The highest BCUT2D eigenvalue weighted by Gasteiger charge is 2.52. The lowest BCUT2D eigenvalue weighted by atomic mass is 9.50.